The van der Waals surface area contributed by atoms with Crippen molar-refractivity contribution in [3.8, 4) is 0 Å². The molecule has 102 valence electrons. The van der Waals surface area contributed by atoms with Crippen molar-refractivity contribution < 1.29 is 9.18 Å². The largest absolute Gasteiger partial charge is 0.353 e. The Labute approximate surface area is 113 Å². The van der Waals surface area contributed by atoms with Crippen LogP contribution in [0.4, 0.5) is 4.39 Å². The first-order valence-corrected chi connectivity index (χ1v) is 5.78. The Morgan fingerprint density at radius 1 is 1.39 bits per heavy atom. The maximum absolute atomic E-state index is 13.4. The molecule has 1 amide bonds. The van der Waals surface area contributed by atoms with Crippen LogP contribution < -0.4 is 11.1 Å². The van der Waals surface area contributed by atoms with Gasteiger partial charge in [-0.2, -0.15) is 0 Å². The second-order valence-electron chi connectivity index (χ2n) is 4.34. The highest BCUT2D eigenvalue weighted by Gasteiger charge is 2.14. The highest BCUT2D eigenvalue weighted by molar-refractivity contribution is 5.85. The molecule has 0 bridgehead atoms. The van der Waals surface area contributed by atoms with Crippen LogP contribution in [0.15, 0.2) is 24.3 Å². The third kappa shape index (κ3) is 5.02. The maximum atomic E-state index is 13.4. The van der Waals surface area contributed by atoms with Gasteiger partial charge in [-0.3, -0.25) is 4.79 Å². The van der Waals surface area contributed by atoms with E-state index >= 15 is 0 Å². The van der Waals surface area contributed by atoms with E-state index in [-0.39, 0.29) is 36.1 Å². The van der Waals surface area contributed by atoms with Gasteiger partial charge in [-0.15, -0.1) is 12.4 Å². The molecule has 0 radical (unpaired) electrons. The third-order valence-electron chi connectivity index (χ3n) is 2.67. The minimum absolute atomic E-state index is 0. The number of amides is 1. The molecule has 0 saturated heterocycles. The van der Waals surface area contributed by atoms with E-state index in [0.29, 0.717) is 18.5 Å². The number of nitrogens with two attached hydrogens (primary N) is 1. The zero-order chi connectivity index (χ0) is 12.8. The van der Waals surface area contributed by atoms with E-state index in [4.69, 9.17) is 5.73 Å². The lowest BCUT2D eigenvalue weighted by Gasteiger charge is -2.17. The zero-order valence-corrected chi connectivity index (χ0v) is 11.5. The Morgan fingerprint density at radius 3 is 2.56 bits per heavy atom. The van der Waals surface area contributed by atoms with Gasteiger partial charge in [-0.05, 0) is 25.0 Å². The van der Waals surface area contributed by atoms with Gasteiger partial charge in [0.05, 0.1) is 0 Å². The average Bonchev–Trinajstić information content (AvgIpc) is 2.31. The predicted molar refractivity (Wildman–Crippen MR) is 73.2 cm³/mol. The standard InChI is InChI=1S/C13H19FN2O.ClH/c1-9(8-15)13(17)16-10(2)7-11-5-3-4-6-12(11)14;/h3-6,9-10H,7-8,15H2,1-2H3,(H,16,17);1H. The number of nitrogens with one attached hydrogen (secondary N) is 1. The van der Waals surface area contributed by atoms with Gasteiger partial charge < -0.3 is 11.1 Å². The molecule has 0 aliphatic rings. The van der Waals surface area contributed by atoms with E-state index in [2.05, 4.69) is 5.32 Å². The average molecular weight is 275 g/mol. The van der Waals surface area contributed by atoms with Crippen molar-refractivity contribution in [1.82, 2.24) is 5.32 Å². The number of halogens is 2. The Kier molecular flexibility index (Phi) is 7.55. The van der Waals surface area contributed by atoms with Crippen LogP contribution in [0, 0.1) is 11.7 Å². The Balaban J connectivity index is 0.00000289. The van der Waals surface area contributed by atoms with Crippen LogP contribution >= 0.6 is 12.4 Å². The highest BCUT2D eigenvalue weighted by Crippen LogP contribution is 2.09. The van der Waals surface area contributed by atoms with Crippen LogP contribution in [0.5, 0.6) is 0 Å². The first-order chi connectivity index (χ1) is 8.04. The molecular weight excluding hydrogens is 255 g/mol. The molecule has 3 N–H and O–H groups in total. The summed E-state index contributed by atoms with van der Waals surface area (Å²) in [5.74, 6) is -0.533. The van der Waals surface area contributed by atoms with Gasteiger partial charge in [0.1, 0.15) is 5.82 Å². The molecule has 0 aliphatic carbocycles. The molecule has 1 rings (SSSR count). The van der Waals surface area contributed by atoms with Crippen molar-refractivity contribution in [2.24, 2.45) is 11.7 Å². The van der Waals surface area contributed by atoms with Crippen LogP contribution in [0.3, 0.4) is 0 Å². The molecular formula is C13H20ClFN2O. The quantitative estimate of drug-likeness (QED) is 0.862. The molecule has 1 aromatic rings. The minimum Gasteiger partial charge on any atom is -0.353 e. The Hall–Kier alpha value is -1.13. The van der Waals surface area contributed by atoms with E-state index in [0.717, 1.165) is 0 Å². The molecule has 0 aliphatic heterocycles. The van der Waals surface area contributed by atoms with Crippen LogP contribution in [-0.4, -0.2) is 18.5 Å². The summed E-state index contributed by atoms with van der Waals surface area (Å²) in [6, 6.07) is 6.48. The molecule has 0 saturated carbocycles. The smallest absolute Gasteiger partial charge is 0.224 e. The Morgan fingerprint density at radius 2 is 2.00 bits per heavy atom. The summed E-state index contributed by atoms with van der Waals surface area (Å²) in [4.78, 5) is 11.6. The summed E-state index contributed by atoms with van der Waals surface area (Å²) in [6.07, 6.45) is 0.482. The molecule has 1 aromatic carbocycles. The lowest BCUT2D eigenvalue weighted by atomic mass is 10.1. The lowest BCUT2D eigenvalue weighted by molar-refractivity contribution is -0.124. The number of hydrogen-bond donors (Lipinski definition) is 2. The van der Waals surface area contributed by atoms with Gasteiger partial charge in [0.2, 0.25) is 5.91 Å². The molecule has 0 fully saturated rings. The fourth-order valence-electron chi connectivity index (χ4n) is 1.54. The predicted octanol–water partition coefficient (Wildman–Crippen LogP) is 1.89. The topological polar surface area (TPSA) is 55.1 Å². The molecule has 0 aromatic heterocycles. The van der Waals surface area contributed by atoms with Crippen LogP contribution in [0.2, 0.25) is 0 Å². The van der Waals surface area contributed by atoms with Crippen molar-refractivity contribution in [3.05, 3.63) is 35.6 Å². The van der Waals surface area contributed by atoms with Crippen molar-refractivity contribution >= 4 is 18.3 Å². The second kappa shape index (κ2) is 8.06. The number of rotatable bonds is 5. The molecule has 2 atom stereocenters. The normalized spacial score (nSPS) is 13.3. The SMILES string of the molecule is CC(Cc1ccccc1F)NC(=O)C(C)CN.Cl. The van der Waals surface area contributed by atoms with E-state index in [1.807, 2.05) is 6.92 Å². The summed E-state index contributed by atoms with van der Waals surface area (Å²) in [6.45, 7) is 3.94. The van der Waals surface area contributed by atoms with Gasteiger partial charge >= 0.3 is 0 Å². The van der Waals surface area contributed by atoms with E-state index < -0.39 is 0 Å². The van der Waals surface area contributed by atoms with Crippen molar-refractivity contribution in [1.29, 1.82) is 0 Å². The van der Waals surface area contributed by atoms with E-state index in [1.165, 1.54) is 6.07 Å². The summed E-state index contributed by atoms with van der Waals surface area (Å²) < 4.78 is 13.4. The number of hydrogen-bond acceptors (Lipinski definition) is 2. The molecule has 5 heteroatoms. The summed E-state index contributed by atoms with van der Waals surface area (Å²) in [7, 11) is 0. The van der Waals surface area contributed by atoms with Crippen molar-refractivity contribution in [2.75, 3.05) is 6.54 Å². The molecule has 0 spiro atoms. The van der Waals surface area contributed by atoms with Gasteiger partial charge in [-0.25, -0.2) is 4.39 Å². The first kappa shape index (κ1) is 16.9. The minimum atomic E-state index is -0.236. The summed E-state index contributed by atoms with van der Waals surface area (Å²) in [5, 5.41) is 2.82. The molecule has 18 heavy (non-hydrogen) atoms. The van der Waals surface area contributed by atoms with Crippen molar-refractivity contribution in [2.45, 2.75) is 26.3 Å². The van der Waals surface area contributed by atoms with Crippen LogP contribution in [0.1, 0.15) is 19.4 Å². The third-order valence-corrected chi connectivity index (χ3v) is 2.67. The van der Waals surface area contributed by atoms with Gasteiger partial charge in [0.25, 0.3) is 0 Å². The molecule has 3 nitrogen and oxygen atoms in total. The highest BCUT2D eigenvalue weighted by atomic mass is 35.5. The lowest BCUT2D eigenvalue weighted by Crippen LogP contribution is -2.39. The number of carbonyl (C=O) groups is 1. The summed E-state index contributed by atoms with van der Waals surface area (Å²) in [5.41, 5.74) is 6.02. The monoisotopic (exact) mass is 274 g/mol. The fraction of sp³-hybridized carbons (Fsp3) is 0.462. The summed E-state index contributed by atoms with van der Waals surface area (Å²) >= 11 is 0. The van der Waals surface area contributed by atoms with Crippen LogP contribution in [0.25, 0.3) is 0 Å². The number of carbonyl (C=O) groups excluding carboxylic acids is 1. The van der Waals surface area contributed by atoms with E-state index in [1.54, 1.807) is 25.1 Å². The molecule has 0 heterocycles. The Bertz CT molecular complexity index is 387. The van der Waals surface area contributed by atoms with Crippen LogP contribution in [-0.2, 0) is 11.2 Å². The maximum Gasteiger partial charge on any atom is 0.224 e. The fourth-order valence-corrected chi connectivity index (χ4v) is 1.54. The first-order valence-electron chi connectivity index (χ1n) is 5.78. The zero-order valence-electron chi connectivity index (χ0n) is 10.7. The number of benzene rings is 1. The molecule has 2 unspecified atom stereocenters. The van der Waals surface area contributed by atoms with Crippen molar-refractivity contribution in [3.63, 3.8) is 0 Å². The second-order valence-corrected chi connectivity index (χ2v) is 4.34. The van der Waals surface area contributed by atoms with Gasteiger partial charge in [0, 0.05) is 18.5 Å². The van der Waals surface area contributed by atoms with E-state index in [9.17, 15) is 9.18 Å². The van der Waals surface area contributed by atoms with Gasteiger partial charge in [0.15, 0.2) is 0 Å². The van der Waals surface area contributed by atoms with Gasteiger partial charge in [-0.1, -0.05) is 25.1 Å².